The van der Waals surface area contributed by atoms with Gasteiger partial charge in [0.15, 0.2) is 0 Å². The zero-order chi connectivity index (χ0) is 12.0. The Morgan fingerprint density at radius 3 is 2.50 bits per heavy atom. The standard InChI is InChI=1S/C12H21NO3/c1-9-5-12(15-6-9)7-13(8-12)10(14)16-11(2,3)4/h9H,5-8H2,1-4H3. The average molecular weight is 227 g/mol. The zero-order valence-electron chi connectivity index (χ0n) is 10.6. The van der Waals surface area contributed by atoms with Gasteiger partial charge in [0.05, 0.1) is 19.7 Å². The maximum absolute atomic E-state index is 11.7. The van der Waals surface area contributed by atoms with Crippen molar-refractivity contribution < 1.29 is 14.3 Å². The quantitative estimate of drug-likeness (QED) is 0.635. The fraction of sp³-hybridized carbons (Fsp3) is 0.917. The molecule has 4 nitrogen and oxygen atoms in total. The van der Waals surface area contributed by atoms with Crippen molar-refractivity contribution in [3.63, 3.8) is 0 Å². The molecule has 1 unspecified atom stereocenters. The van der Waals surface area contributed by atoms with E-state index in [4.69, 9.17) is 9.47 Å². The van der Waals surface area contributed by atoms with Gasteiger partial charge in [0, 0.05) is 0 Å². The smallest absolute Gasteiger partial charge is 0.410 e. The Hall–Kier alpha value is -0.770. The summed E-state index contributed by atoms with van der Waals surface area (Å²) >= 11 is 0. The van der Waals surface area contributed by atoms with Crippen molar-refractivity contribution in [3.05, 3.63) is 0 Å². The lowest BCUT2D eigenvalue weighted by Gasteiger charge is -2.46. The second-order valence-corrected chi connectivity index (χ2v) is 6.14. The van der Waals surface area contributed by atoms with E-state index in [0.29, 0.717) is 19.0 Å². The van der Waals surface area contributed by atoms with Gasteiger partial charge in [-0.05, 0) is 33.1 Å². The van der Waals surface area contributed by atoms with Gasteiger partial charge < -0.3 is 14.4 Å². The molecular formula is C12H21NO3. The highest BCUT2D eigenvalue weighted by molar-refractivity contribution is 5.69. The lowest BCUT2D eigenvalue weighted by Crippen LogP contribution is -2.63. The monoisotopic (exact) mass is 227 g/mol. The summed E-state index contributed by atoms with van der Waals surface area (Å²) in [7, 11) is 0. The average Bonchev–Trinajstić information content (AvgIpc) is 2.41. The molecule has 2 rings (SSSR count). The third kappa shape index (κ3) is 2.32. The van der Waals surface area contributed by atoms with Crippen molar-refractivity contribution in [2.45, 2.75) is 45.3 Å². The Labute approximate surface area is 96.9 Å². The number of rotatable bonds is 0. The van der Waals surface area contributed by atoms with Crippen molar-refractivity contribution in [2.24, 2.45) is 5.92 Å². The van der Waals surface area contributed by atoms with Gasteiger partial charge in [-0.1, -0.05) is 6.92 Å². The summed E-state index contributed by atoms with van der Waals surface area (Å²) in [5, 5.41) is 0. The summed E-state index contributed by atoms with van der Waals surface area (Å²) in [6, 6.07) is 0. The van der Waals surface area contributed by atoms with E-state index in [1.165, 1.54) is 0 Å². The van der Waals surface area contributed by atoms with Crippen LogP contribution in [0, 0.1) is 5.92 Å². The van der Waals surface area contributed by atoms with Gasteiger partial charge in [0.2, 0.25) is 0 Å². The van der Waals surface area contributed by atoms with Crippen molar-refractivity contribution >= 4 is 6.09 Å². The first-order valence-electron chi connectivity index (χ1n) is 5.92. The molecule has 0 bridgehead atoms. The molecule has 4 heteroatoms. The van der Waals surface area contributed by atoms with Crippen LogP contribution < -0.4 is 0 Å². The first kappa shape index (κ1) is 11.7. The molecule has 0 aliphatic carbocycles. The number of hydrogen-bond donors (Lipinski definition) is 0. The second-order valence-electron chi connectivity index (χ2n) is 6.14. The Kier molecular flexibility index (Phi) is 2.65. The largest absolute Gasteiger partial charge is 0.444 e. The molecule has 1 atom stereocenters. The number of carbonyl (C=O) groups excluding carboxylic acids is 1. The lowest BCUT2D eigenvalue weighted by molar-refractivity contribution is -0.109. The van der Waals surface area contributed by atoms with Crippen LogP contribution in [0.3, 0.4) is 0 Å². The molecule has 0 aromatic rings. The number of ether oxygens (including phenoxy) is 2. The van der Waals surface area contributed by atoms with E-state index < -0.39 is 5.60 Å². The molecule has 16 heavy (non-hydrogen) atoms. The van der Waals surface area contributed by atoms with Crippen LogP contribution in [0.2, 0.25) is 0 Å². The summed E-state index contributed by atoms with van der Waals surface area (Å²) < 4.78 is 11.1. The Morgan fingerprint density at radius 2 is 2.06 bits per heavy atom. The van der Waals surface area contributed by atoms with Gasteiger partial charge in [-0.15, -0.1) is 0 Å². The van der Waals surface area contributed by atoms with Gasteiger partial charge in [-0.25, -0.2) is 4.79 Å². The van der Waals surface area contributed by atoms with E-state index in [0.717, 1.165) is 13.0 Å². The third-order valence-corrected chi connectivity index (χ3v) is 3.00. The molecule has 0 aromatic heterocycles. The van der Waals surface area contributed by atoms with Crippen LogP contribution in [0.1, 0.15) is 34.1 Å². The minimum Gasteiger partial charge on any atom is -0.444 e. The number of nitrogens with zero attached hydrogens (tertiary/aromatic N) is 1. The molecule has 0 radical (unpaired) electrons. The molecule has 2 aliphatic heterocycles. The maximum atomic E-state index is 11.7. The zero-order valence-corrected chi connectivity index (χ0v) is 10.6. The minimum atomic E-state index is -0.413. The minimum absolute atomic E-state index is 0.0592. The Morgan fingerprint density at radius 1 is 1.44 bits per heavy atom. The number of carbonyl (C=O) groups is 1. The van der Waals surface area contributed by atoms with Gasteiger partial charge in [0.25, 0.3) is 0 Å². The van der Waals surface area contributed by atoms with Crippen LogP contribution in [0.15, 0.2) is 0 Å². The molecule has 0 saturated carbocycles. The van der Waals surface area contributed by atoms with Crippen LogP contribution in [0.5, 0.6) is 0 Å². The maximum Gasteiger partial charge on any atom is 0.410 e. The topological polar surface area (TPSA) is 38.8 Å². The number of amides is 1. The number of hydrogen-bond acceptors (Lipinski definition) is 3. The van der Waals surface area contributed by atoms with Crippen LogP contribution in [-0.4, -0.2) is 41.9 Å². The Balaban J connectivity index is 1.82. The molecule has 92 valence electrons. The van der Waals surface area contributed by atoms with E-state index in [1.54, 1.807) is 4.90 Å². The molecule has 2 fully saturated rings. The molecule has 2 heterocycles. The molecule has 0 aromatic carbocycles. The molecule has 1 spiro atoms. The van der Waals surface area contributed by atoms with Crippen molar-refractivity contribution in [3.8, 4) is 0 Å². The SMILES string of the molecule is CC1COC2(C1)CN(C(=O)OC(C)(C)C)C2. The summed E-state index contributed by atoms with van der Waals surface area (Å²) in [6.45, 7) is 10.0. The van der Waals surface area contributed by atoms with E-state index in [1.807, 2.05) is 20.8 Å². The molecule has 0 N–H and O–H groups in total. The van der Waals surface area contributed by atoms with Crippen molar-refractivity contribution in [2.75, 3.05) is 19.7 Å². The van der Waals surface area contributed by atoms with Gasteiger partial charge >= 0.3 is 6.09 Å². The number of likely N-dealkylation sites (tertiary alicyclic amines) is 1. The van der Waals surface area contributed by atoms with Crippen LogP contribution in [0.25, 0.3) is 0 Å². The molecule has 2 saturated heterocycles. The van der Waals surface area contributed by atoms with Gasteiger partial charge in [-0.3, -0.25) is 0 Å². The fourth-order valence-electron chi connectivity index (χ4n) is 2.40. The predicted octanol–water partition coefficient (Wildman–Crippen LogP) is 2.03. The summed E-state index contributed by atoms with van der Waals surface area (Å²) in [5.74, 6) is 0.612. The highest BCUT2D eigenvalue weighted by Gasteiger charge is 2.51. The normalized spacial score (nSPS) is 28.0. The third-order valence-electron chi connectivity index (χ3n) is 3.00. The van der Waals surface area contributed by atoms with E-state index in [9.17, 15) is 4.79 Å². The first-order chi connectivity index (χ1) is 7.30. The Bertz CT molecular complexity index is 289. The fourth-order valence-corrected chi connectivity index (χ4v) is 2.40. The van der Waals surface area contributed by atoms with Crippen molar-refractivity contribution in [1.82, 2.24) is 4.90 Å². The summed E-state index contributed by atoms with van der Waals surface area (Å²) in [4.78, 5) is 13.4. The van der Waals surface area contributed by atoms with Gasteiger partial charge in [-0.2, -0.15) is 0 Å². The van der Waals surface area contributed by atoms with Crippen molar-refractivity contribution in [1.29, 1.82) is 0 Å². The van der Waals surface area contributed by atoms with Crippen LogP contribution >= 0.6 is 0 Å². The van der Waals surface area contributed by atoms with Crippen LogP contribution in [0.4, 0.5) is 4.79 Å². The lowest BCUT2D eigenvalue weighted by atomic mass is 9.88. The van der Waals surface area contributed by atoms with E-state index in [2.05, 4.69) is 6.92 Å². The highest BCUT2D eigenvalue weighted by Crippen LogP contribution is 2.38. The predicted molar refractivity (Wildman–Crippen MR) is 60.3 cm³/mol. The highest BCUT2D eigenvalue weighted by atomic mass is 16.6. The summed E-state index contributed by atoms with van der Waals surface area (Å²) in [6.07, 6.45) is 0.841. The van der Waals surface area contributed by atoms with Crippen LogP contribution in [-0.2, 0) is 9.47 Å². The summed E-state index contributed by atoms with van der Waals surface area (Å²) in [5.41, 5.74) is -0.472. The molecule has 2 aliphatic rings. The molecular weight excluding hydrogens is 206 g/mol. The molecule has 1 amide bonds. The van der Waals surface area contributed by atoms with E-state index in [-0.39, 0.29) is 11.7 Å². The first-order valence-corrected chi connectivity index (χ1v) is 5.92. The second kappa shape index (κ2) is 3.62. The van der Waals surface area contributed by atoms with Gasteiger partial charge in [0.1, 0.15) is 11.2 Å². The van der Waals surface area contributed by atoms with E-state index >= 15 is 0 Å².